The standard InChI is InChI=1S/C31H33Cl3N2O2S/c32-25-11-7-10-23(16-25)19-36(30(37)21-39-20-24-14-15-26(33)18-28(24)34)29(17-22-8-3-1-4-9-22)31(38)35-27-12-5-2-6-13-27/h1,3-4,7-11,14-16,18,27,29H,2,5-6,12-13,17,19-21H2,(H,35,38). The minimum Gasteiger partial charge on any atom is -0.352 e. The van der Waals surface area contributed by atoms with E-state index in [1.807, 2.05) is 54.6 Å². The van der Waals surface area contributed by atoms with Crippen molar-refractivity contribution < 1.29 is 9.59 Å². The molecule has 39 heavy (non-hydrogen) atoms. The Morgan fingerprint density at radius 1 is 0.872 bits per heavy atom. The Kier molecular flexibility index (Phi) is 11.5. The van der Waals surface area contributed by atoms with Crippen LogP contribution in [0, 0.1) is 0 Å². The topological polar surface area (TPSA) is 49.4 Å². The lowest BCUT2D eigenvalue weighted by Gasteiger charge is -2.33. The molecule has 1 aliphatic carbocycles. The van der Waals surface area contributed by atoms with E-state index in [4.69, 9.17) is 34.8 Å². The number of amides is 2. The van der Waals surface area contributed by atoms with Crippen LogP contribution in [0.5, 0.6) is 0 Å². The zero-order chi connectivity index (χ0) is 27.6. The Bertz CT molecular complexity index is 1250. The first-order valence-corrected chi connectivity index (χ1v) is 15.6. The van der Waals surface area contributed by atoms with E-state index in [0.29, 0.717) is 27.2 Å². The summed E-state index contributed by atoms with van der Waals surface area (Å²) < 4.78 is 0. The molecule has 3 aromatic carbocycles. The van der Waals surface area contributed by atoms with Crippen molar-refractivity contribution >= 4 is 58.4 Å². The summed E-state index contributed by atoms with van der Waals surface area (Å²) in [4.78, 5) is 29.4. The number of hydrogen-bond acceptors (Lipinski definition) is 3. The molecule has 1 fully saturated rings. The van der Waals surface area contributed by atoms with Crippen molar-refractivity contribution in [3.8, 4) is 0 Å². The third-order valence-electron chi connectivity index (χ3n) is 6.96. The average molecular weight is 604 g/mol. The summed E-state index contributed by atoms with van der Waals surface area (Å²) in [5.41, 5.74) is 2.80. The molecule has 0 spiro atoms. The second-order valence-electron chi connectivity index (χ2n) is 9.93. The SMILES string of the molecule is O=C(NC1CCCCC1)C(Cc1ccccc1)N(Cc1cccc(Cl)c1)C(=O)CSCc1ccc(Cl)cc1Cl. The first kappa shape index (κ1) is 29.8. The van der Waals surface area contributed by atoms with Crippen molar-refractivity contribution in [2.45, 2.75) is 62.9 Å². The molecule has 0 saturated heterocycles. The van der Waals surface area contributed by atoms with Gasteiger partial charge in [0.25, 0.3) is 0 Å². The van der Waals surface area contributed by atoms with Gasteiger partial charge in [0.1, 0.15) is 6.04 Å². The molecule has 3 aromatic rings. The fourth-order valence-corrected chi connectivity index (χ4v) is 6.58. The number of thioether (sulfide) groups is 1. The summed E-state index contributed by atoms with van der Waals surface area (Å²) in [7, 11) is 0. The van der Waals surface area contributed by atoms with Gasteiger partial charge in [-0.15, -0.1) is 11.8 Å². The number of nitrogens with zero attached hydrogens (tertiary/aromatic N) is 1. The summed E-state index contributed by atoms with van der Waals surface area (Å²) >= 11 is 20.1. The number of nitrogens with one attached hydrogen (secondary N) is 1. The summed E-state index contributed by atoms with van der Waals surface area (Å²) in [6, 6.07) is 22.2. The molecule has 0 heterocycles. The van der Waals surface area contributed by atoms with Crippen molar-refractivity contribution in [1.29, 1.82) is 0 Å². The molecular weight excluding hydrogens is 571 g/mol. The van der Waals surface area contributed by atoms with Crippen LogP contribution >= 0.6 is 46.6 Å². The fourth-order valence-electron chi connectivity index (χ4n) is 4.90. The van der Waals surface area contributed by atoms with Gasteiger partial charge in [0.2, 0.25) is 11.8 Å². The molecule has 1 saturated carbocycles. The second-order valence-corrected chi connectivity index (χ2v) is 12.2. The number of halogens is 3. The van der Waals surface area contributed by atoms with Crippen molar-refractivity contribution in [3.05, 3.63) is 105 Å². The van der Waals surface area contributed by atoms with Crippen molar-refractivity contribution in [3.63, 3.8) is 0 Å². The number of carbonyl (C=O) groups is 2. The van der Waals surface area contributed by atoms with E-state index >= 15 is 0 Å². The Morgan fingerprint density at radius 2 is 1.59 bits per heavy atom. The molecular formula is C31H33Cl3N2O2S. The van der Waals surface area contributed by atoms with Gasteiger partial charge in [-0.05, 0) is 53.8 Å². The lowest BCUT2D eigenvalue weighted by molar-refractivity contribution is -0.139. The average Bonchev–Trinajstić information content (AvgIpc) is 2.93. The maximum atomic E-state index is 13.8. The predicted octanol–water partition coefficient (Wildman–Crippen LogP) is 7.97. The molecule has 206 valence electrons. The van der Waals surface area contributed by atoms with E-state index in [1.54, 1.807) is 23.1 Å². The van der Waals surface area contributed by atoms with Gasteiger partial charge >= 0.3 is 0 Å². The van der Waals surface area contributed by atoms with Crippen LogP contribution in [-0.4, -0.2) is 34.6 Å². The molecule has 0 radical (unpaired) electrons. The lowest BCUT2D eigenvalue weighted by atomic mass is 9.94. The maximum Gasteiger partial charge on any atom is 0.243 e. The van der Waals surface area contributed by atoms with Crippen molar-refractivity contribution in [1.82, 2.24) is 10.2 Å². The van der Waals surface area contributed by atoms with Gasteiger partial charge in [-0.3, -0.25) is 9.59 Å². The normalized spacial score (nSPS) is 14.5. The van der Waals surface area contributed by atoms with Gasteiger partial charge in [0.15, 0.2) is 0 Å². The summed E-state index contributed by atoms with van der Waals surface area (Å²) in [6.45, 7) is 0.289. The molecule has 8 heteroatoms. The fraction of sp³-hybridized carbons (Fsp3) is 0.355. The predicted molar refractivity (Wildman–Crippen MR) is 164 cm³/mol. The Balaban J connectivity index is 1.57. The quantitative estimate of drug-likeness (QED) is 0.242. The summed E-state index contributed by atoms with van der Waals surface area (Å²) in [5.74, 6) is 0.558. The number of hydrogen-bond donors (Lipinski definition) is 1. The van der Waals surface area contributed by atoms with E-state index < -0.39 is 6.04 Å². The molecule has 2 amide bonds. The monoisotopic (exact) mass is 602 g/mol. The van der Waals surface area contributed by atoms with Gasteiger partial charge in [0, 0.05) is 39.8 Å². The summed E-state index contributed by atoms with van der Waals surface area (Å²) in [6.07, 6.45) is 5.81. The molecule has 4 nitrogen and oxygen atoms in total. The van der Waals surface area contributed by atoms with Crippen LogP contribution in [0.2, 0.25) is 15.1 Å². The number of benzene rings is 3. The molecule has 1 aliphatic rings. The molecule has 1 N–H and O–H groups in total. The third kappa shape index (κ3) is 9.18. The molecule has 1 unspecified atom stereocenters. The first-order valence-electron chi connectivity index (χ1n) is 13.3. The molecule has 0 aliphatic heterocycles. The highest BCUT2D eigenvalue weighted by atomic mass is 35.5. The van der Waals surface area contributed by atoms with Crippen LogP contribution < -0.4 is 5.32 Å². The van der Waals surface area contributed by atoms with Gasteiger partial charge in [-0.2, -0.15) is 0 Å². The smallest absolute Gasteiger partial charge is 0.243 e. The van der Waals surface area contributed by atoms with E-state index in [9.17, 15) is 9.59 Å². The van der Waals surface area contributed by atoms with Gasteiger partial charge in [0.05, 0.1) is 5.75 Å². The van der Waals surface area contributed by atoms with Crippen LogP contribution in [-0.2, 0) is 28.3 Å². The highest BCUT2D eigenvalue weighted by Crippen LogP contribution is 2.26. The van der Waals surface area contributed by atoms with Crippen LogP contribution in [0.25, 0.3) is 0 Å². The van der Waals surface area contributed by atoms with Gasteiger partial charge < -0.3 is 10.2 Å². The molecule has 1 atom stereocenters. The minimum absolute atomic E-state index is 0.105. The van der Waals surface area contributed by atoms with Crippen LogP contribution in [0.4, 0.5) is 0 Å². The van der Waals surface area contributed by atoms with Crippen LogP contribution in [0.15, 0.2) is 72.8 Å². The van der Waals surface area contributed by atoms with Crippen molar-refractivity contribution in [2.75, 3.05) is 5.75 Å². The third-order valence-corrected chi connectivity index (χ3v) is 8.75. The Hall–Kier alpha value is -2.18. The molecule has 0 aromatic heterocycles. The number of rotatable bonds is 11. The highest BCUT2D eigenvalue weighted by Gasteiger charge is 2.32. The molecule has 4 rings (SSSR count). The first-order chi connectivity index (χ1) is 18.9. The Labute approximate surface area is 250 Å². The van der Waals surface area contributed by atoms with E-state index in [2.05, 4.69) is 5.32 Å². The number of carbonyl (C=O) groups excluding carboxylic acids is 2. The summed E-state index contributed by atoms with van der Waals surface area (Å²) in [5, 5.41) is 5.02. The van der Waals surface area contributed by atoms with E-state index in [1.165, 1.54) is 18.2 Å². The van der Waals surface area contributed by atoms with E-state index in [0.717, 1.165) is 42.4 Å². The van der Waals surface area contributed by atoms with E-state index in [-0.39, 0.29) is 30.2 Å². The van der Waals surface area contributed by atoms with Crippen LogP contribution in [0.1, 0.15) is 48.8 Å². The zero-order valence-electron chi connectivity index (χ0n) is 21.8. The Morgan fingerprint density at radius 3 is 2.31 bits per heavy atom. The largest absolute Gasteiger partial charge is 0.352 e. The van der Waals surface area contributed by atoms with Crippen LogP contribution in [0.3, 0.4) is 0 Å². The van der Waals surface area contributed by atoms with Crippen molar-refractivity contribution in [2.24, 2.45) is 0 Å². The van der Waals surface area contributed by atoms with Gasteiger partial charge in [-0.1, -0.05) is 103 Å². The molecule has 0 bridgehead atoms. The second kappa shape index (κ2) is 15.0. The lowest BCUT2D eigenvalue weighted by Crippen LogP contribution is -2.53. The highest BCUT2D eigenvalue weighted by molar-refractivity contribution is 7.99. The minimum atomic E-state index is -0.652. The maximum absolute atomic E-state index is 13.8. The van der Waals surface area contributed by atoms with Gasteiger partial charge in [-0.25, -0.2) is 0 Å². The zero-order valence-corrected chi connectivity index (χ0v) is 24.8.